The van der Waals surface area contributed by atoms with Crippen LogP contribution in [0.25, 0.3) is 0 Å². The van der Waals surface area contributed by atoms with Crippen LogP contribution >= 0.6 is 15.9 Å². The summed E-state index contributed by atoms with van der Waals surface area (Å²) in [7, 11) is -2.54. The number of rotatable bonds is 12. The first-order valence-corrected chi connectivity index (χ1v) is 16.4. The number of nitrogens with one attached hydrogen (secondary N) is 1. The van der Waals surface area contributed by atoms with Crippen LogP contribution in [0, 0.1) is 6.92 Å². The molecule has 0 bridgehead atoms. The van der Waals surface area contributed by atoms with Crippen molar-refractivity contribution < 1.29 is 22.7 Å². The minimum atomic E-state index is -4.12. The van der Waals surface area contributed by atoms with Crippen LogP contribution in [0.1, 0.15) is 50.2 Å². The molecule has 224 valence electrons. The number of amides is 2. The minimum absolute atomic E-state index is 0.0774. The molecular weight excluding hydrogens is 618 g/mol. The SMILES string of the molecule is CCC(C(=O)NC1CCCC1)N(Cc1ccc(OC)cc1)C(=O)CN(c1cccc(Br)c1)S(=O)(=O)c1ccc(C)cc1. The maximum absolute atomic E-state index is 14.2. The number of halogens is 1. The van der Waals surface area contributed by atoms with Gasteiger partial charge in [0.1, 0.15) is 18.3 Å². The Labute approximate surface area is 257 Å². The van der Waals surface area contributed by atoms with Crippen molar-refractivity contribution in [1.82, 2.24) is 10.2 Å². The van der Waals surface area contributed by atoms with Crippen LogP contribution in [0.5, 0.6) is 5.75 Å². The molecule has 8 nitrogen and oxygen atoms in total. The Hall–Kier alpha value is -3.37. The summed E-state index contributed by atoms with van der Waals surface area (Å²) in [5, 5.41) is 3.13. The number of benzene rings is 3. The summed E-state index contributed by atoms with van der Waals surface area (Å²) in [5.74, 6) is -0.0239. The fourth-order valence-electron chi connectivity index (χ4n) is 5.21. The van der Waals surface area contributed by atoms with E-state index in [1.54, 1.807) is 67.8 Å². The number of nitrogens with zero attached hydrogens (tertiary/aromatic N) is 2. The van der Waals surface area contributed by atoms with E-state index in [4.69, 9.17) is 4.74 Å². The normalized spacial score (nSPS) is 14.3. The molecule has 0 aliphatic heterocycles. The molecule has 1 fully saturated rings. The third kappa shape index (κ3) is 7.72. The first-order valence-electron chi connectivity index (χ1n) is 14.2. The Morgan fingerprint density at radius 2 is 1.69 bits per heavy atom. The second-order valence-electron chi connectivity index (χ2n) is 10.6. The summed E-state index contributed by atoms with van der Waals surface area (Å²) in [6, 6.07) is 20.0. The predicted octanol–water partition coefficient (Wildman–Crippen LogP) is 5.83. The smallest absolute Gasteiger partial charge is 0.264 e. The standard InChI is InChI=1S/C32H38BrN3O5S/c1-4-30(32(38)34-26-9-5-6-10-26)35(21-24-14-16-28(41-3)17-15-24)31(37)22-36(27-11-7-8-25(33)20-27)42(39,40)29-18-12-23(2)13-19-29/h7-8,11-20,26,30H,4-6,9-10,21-22H2,1-3H3,(H,34,38). The molecule has 0 aromatic heterocycles. The molecule has 2 amide bonds. The van der Waals surface area contributed by atoms with Crippen molar-refractivity contribution in [1.29, 1.82) is 0 Å². The average molecular weight is 657 g/mol. The number of anilines is 1. The Balaban J connectivity index is 1.71. The molecule has 1 saturated carbocycles. The molecule has 0 saturated heterocycles. The van der Waals surface area contributed by atoms with Crippen molar-refractivity contribution in [3.63, 3.8) is 0 Å². The van der Waals surface area contributed by atoms with Crippen LogP contribution in [-0.4, -0.2) is 50.9 Å². The van der Waals surface area contributed by atoms with Gasteiger partial charge in [0.15, 0.2) is 0 Å². The summed E-state index contributed by atoms with van der Waals surface area (Å²) in [4.78, 5) is 29.4. The molecule has 0 spiro atoms. The lowest BCUT2D eigenvalue weighted by atomic mass is 10.1. The van der Waals surface area contributed by atoms with Crippen LogP contribution in [0.15, 0.2) is 82.2 Å². The van der Waals surface area contributed by atoms with Gasteiger partial charge in [0.05, 0.1) is 17.7 Å². The number of hydrogen-bond donors (Lipinski definition) is 1. The molecule has 1 aliphatic rings. The van der Waals surface area contributed by atoms with E-state index in [2.05, 4.69) is 21.2 Å². The van der Waals surface area contributed by atoms with Gasteiger partial charge in [-0.1, -0.05) is 71.6 Å². The predicted molar refractivity (Wildman–Crippen MR) is 168 cm³/mol. The van der Waals surface area contributed by atoms with Crippen LogP contribution in [0.2, 0.25) is 0 Å². The molecule has 3 aromatic rings. The van der Waals surface area contributed by atoms with Crippen molar-refractivity contribution in [3.05, 3.63) is 88.4 Å². The number of carbonyl (C=O) groups is 2. The van der Waals surface area contributed by atoms with Crippen molar-refractivity contribution in [2.45, 2.75) is 69.5 Å². The molecule has 1 atom stereocenters. The molecule has 0 heterocycles. The van der Waals surface area contributed by atoms with Gasteiger partial charge in [-0.15, -0.1) is 0 Å². The summed E-state index contributed by atoms with van der Waals surface area (Å²) in [6.07, 6.45) is 4.34. The zero-order valence-electron chi connectivity index (χ0n) is 24.3. The van der Waals surface area contributed by atoms with Gasteiger partial charge in [0.25, 0.3) is 10.0 Å². The zero-order chi connectivity index (χ0) is 30.3. The highest BCUT2D eigenvalue weighted by atomic mass is 79.9. The van der Waals surface area contributed by atoms with Crippen molar-refractivity contribution in [2.75, 3.05) is 18.0 Å². The van der Waals surface area contributed by atoms with Crippen molar-refractivity contribution in [2.24, 2.45) is 0 Å². The van der Waals surface area contributed by atoms with E-state index in [0.717, 1.165) is 41.1 Å². The summed E-state index contributed by atoms with van der Waals surface area (Å²) in [6.45, 7) is 3.40. The Morgan fingerprint density at radius 3 is 2.29 bits per heavy atom. The molecular formula is C32H38BrN3O5S. The lowest BCUT2D eigenvalue weighted by Gasteiger charge is -2.34. The highest BCUT2D eigenvalue weighted by molar-refractivity contribution is 9.10. The van der Waals surface area contributed by atoms with Gasteiger partial charge in [-0.05, 0) is 74.2 Å². The van der Waals surface area contributed by atoms with E-state index in [9.17, 15) is 18.0 Å². The largest absolute Gasteiger partial charge is 0.497 e. The quantitative estimate of drug-likeness (QED) is 0.265. The van der Waals surface area contributed by atoms with Gasteiger partial charge in [0.2, 0.25) is 11.8 Å². The fraction of sp³-hybridized carbons (Fsp3) is 0.375. The number of ether oxygens (including phenoxy) is 1. The molecule has 42 heavy (non-hydrogen) atoms. The lowest BCUT2D eigenvalue weighted by Crippen LogP contribution is -2.53. The van der Waals surface area contributed by atoms with E-state index in [1.807, 2.05) is 26.0 Å². The number of carbonyl (C=O) groups excluding carboxylic acids is 2. The first kappa shape index (κ1) is 31.6. The number of aryl methyl sites for hydroxylation is 1. The van der Waals surface area contributed by atoms with Gasteiger partial charge < -0.3 is 15.0 Å². The lowest BCUT2D eigenvalue weighted by molar-refractivity contribution is -0.140. The maximum Gasteiger partial charge on any atom is 0.264 e. The highest BCUT2D eigenvalue weighted by Gasteiger charge is 2.34. The zero-order valence-corrected chi connectivity index (χ0v) is 26.7. The van der Waals surface area contributed by atoms with E-state index in [1.165, 1.54) is 4.90 Å². The highest BCUT2D eigenvalue weighted by Crippen LogP contribution is 2.28. The molecule has 1 aliphatic carbocycles. The van der Waals surface area contributed by atoms with Gasteiger partial charge in [0, 0.05) is 17.1 Å². The van der Waals surface area contributed by atoms with Crippen LogP contribution < -0.4 is 14.4 Å². The molecule has 4 rings (SSSR count). The van der Waals surface area contributed by atoms with Gasteiger partial charge in [-0.25, -0.2) is 8.42 Å². The molecule has 1 N–H and O–H groups in total. The van der Waals surface area contributed by atoms with E-state index >= 15 is 0 Å². The summed E-state index contributed by atoms with van der Waals surface area (Å²) < 4.78 is 35.1. The van der Waals surface area contributed by atoms with Crippen LogP contribution in [0.3, 0.4) is 0 Å². The minimum Gasteiger partial charge on any atom is -0.497 e. The maximum atomic E-state index is 14.2. The van der Waals surface area contributed by atoms with Crippen molar-refractivity contribution >= 4 is 43.5 Å². The van der Waals surface area contributed by atoms with Gasteiger partial charge in [-0.2, -0.15) is 0 Å². The summed E-state index contributed by atoms with van der Waals surface area (Å²) in [5.41, 5.74) is 2.06. The van der Waals surface area contributed by atoms with E-state index in [0.29, 0.717) is 22.3 Å². The van der Waals surface area contributed by atoms with Gasteiger partial charge in [-0.3, -0.25) is 13.9 Å². The summed E-state index contributed by atoms with van der Waals surface area (Å²) >= 11 is 3.43. The average Bonchev–Trinajstić information content (AvgIpc) is 3.49. The third-order valence-electron chi connectivity index (χ3n) is 7.58. The van der Waals surface area contributed by atoms with Crippen LogP contribution in [0.4, 0.5) is 5.69 Å². The number of methoxy groups -OCH3 is 1. The molecule has 10 heteroatoms. The van der Waals surface area contributed by atoms with E-state index in [-0.39, 0.29) is 23.4 Å². The van der Waals surface area contributed by atoms with Crippen molar-refractivity contribution in [3.8, 4) is 5.75 Å². The van der Waals surface area contributed by atoms with E-state index < -0.39 is 28.5 Å². The second kappa shape index (κ2) is 14.2. The number of sulfonamides is 1. The first-order chi connectivity index (χ1) is 20.1. The van der Waals surface area contributed by atoms with Crippen LogP contribution in [-0.2, 0) is 26.2 Å². The molecule has 0 radical (unpaired) electrons. The van der Waals surface area contributed by atoms with Gasteiger partial charge >= 0.3 is 0 Å². The Morgan fingerprint density at radius 1 is 1.02 bits per heavy atom. The monoisotopic (exact) mass is 655 g/mol. The Kier molecular flexibility index (Phi) is 10.7. The topological polar surface area (TPSA) is 96.0 Å². The number of hydrogen-bond acceptors (Lipinski definition) is 5. The molecule has 1 unspecified atom stereocenters. The third-order valence-corrected chi connectivity index (χ3v) is 9.86. The fourth-order valence-corrected chi connectivity index (χ4v) is 7.01. The molecule has 3 aromatic carbocycles. The Bertz CT molecular complexity index is 1470. The second-order valence-corrected chi connectivity index (χ2v) is 13.4.